The van der Waals surface area contributed by atoms with E-state index < -0.39 is 5.76 Å². The van der Waals surface area contributed by atoms with E-state index in [2.05, 4.69) is 4.98 Å². The van der Waals surface area contributed by atoms with Crippen LogP contribution in [0.15, 0.2) is 57.7 Å². The monoisotopic (exact) mass is 297 g/mol. The van der Waals surface area contributed by atoms with E-state index in [9.17, 15) is 4.79 Å². The van der Waals surface area contributed by atoms with Gasteiger partial charge in [0.1, 0.15) is 0 Å². The minimum atomic E-state index is -0.497. The molecule has 0 aliphatic carbocycles. The van der Waals surface area contributed by atoms with Gasteiger partial charge in [-0.15, -0.1) is 0 Å². The molecule has 0 saturated carbocycles. The lowest BCUT2D eigenvalue weighted by molar-refractivity contribution is 0.355. The Balaban J connectivity index is 2.15. The van der Waals surface area contributed by atoms with Crippen molar-refractivity contribution in [1.29, 1.82) is 0 Å². The summed E-state index contributed by atoms with van der Waals surface area (Å²) in [5.41, 5.74) is 2.21. The molecule has 0 unspecified atom stereocenters. The van der Waals surface area contributed by atoms with Crippen LogP contribution in [0, 0.1) is 0 Å². The van der Waals surface area contributed by atoms with Crippen LogP contribution in [0.4, 0.5) is 0 Å². The van der Waals surface area contributed by atoms with Crippen molar-refractivity contribution in [3.8, 4) is 34.1 Å². The molecule has 0 fully saturated rings. The van der Waals surface area contributed by atoms with Gasteiger partial charge in [-0.2, -0.15) is 0 Å². The first-order valence-electron chi connectivity index (χ1n) is 6.74. The van der Waals surface area contributed by atoms with Gasteiger partial charge in [-0.05, 0) is 18.2 Å². The topological polar surface area (TPSA) is 64.5 Å². The van der Waals surface area contributed by atoms with E-state index in [-0.39, 0.29) is 0 Å². The molecular weight excluding hydrogens is 282 g/mol. The Labute approximate surface area is 127 Å². The summed E-state index contributed by atoms with van der Waals surface area (Å²) < 4.78 is 15.8. The van der Waals surface area contributed by atoms with Gasteiger partial charge < -0.3 is 13.9 Å². The predicted molar refractivity (Wildman–Crippen MR) is 83.3 cm³/mol. The molecule has 0 radical (unpaired) electrons. The number of aromatic amines is 1. The number of benzene rings is 2. The van der Waals surface area contributed by atoms with Gasteiger partial charge in [-0.1, -0.05) is 30.3 Å². The standard InChI is InChI=1S/C17H15NO4/c1-20-13-9-8-12(10-14(13)21-2)15-16(22-17(19)18-15)11-6-4-3-5-7-11/h3-10H,1-2H3,(H,18,19). The van der Waals surface area contributed by atoms with Crippen LogP contribution in [0.2, 0.25) is 0 Å². The van der Waals surface area contributed by atoms with Crippen LogP contribution in [0.1, 0.15) is 0 Å². The van der Waals surface area contributed by atoms with Crippen molar-refractivity contribution in [2.24, 2.45) is 0 Å². The van der Waals surface area contributed by atoms with Crippen molar-refractivity contribution in [2.45, 2.75) is 0 Å². The number of hydrogen-bond donors (Lipinski definition) is 1. The van der Waals surface area contributed by atoms with E-state index in [0.29, 0.717) is 23.0 Å². The first-order valence-corrected chi connectivity index (χ1v) is 6.74. The summed E-state index contributed by atoms with van der Waals surface area (Å²) in [5, 5.41) is 0. The zero-order valence-corrected chi connectivity index (χ0v) is 12.3. The molecule has 0 spiro atoms. The molecule has 0 atom stereocenters. The minimum Gasteiger partial charge on any atom is -0.493 e. The average Bonchev–Trinajstić information content (AvgIpc) is 2.97. The Bertz CT molecular complexity index is 833. The third kappa shape index (κ3) is 2.48. The first kappa shape index (κ1) is 14.0. The Morgan fingerprint density at radius 2 is 1.64 bits per heavy atom. The fourth-order valence-corrected chi connectivity index (χ4v) is 2.32. The highest BCUT2D eigenvalue weighted by molar-refractivity contribution is 5.77. The lowest BCUT2D eigenvalue weighted by Crippen LogP contribution is -1.95. The summed E-state index contributed by atoms with van der Waals surface area (Å²) in [5.74, 6) is 1.21. The van der Waals surface area contributed by atoms with E-state index in [4.69, 9.17) is 13.9 Å². The Morgan fingerprint density at radius 1 is 0.909 bits per heavy atom. The first-order chi connectivity index (χ1) is 10.7. The Hall–Kier alpha value is -2.95. The van der Waals surface area contributed by atoms with Gasteiger partial charge in [0.2, 0.25) is 0 Å². The summed E-state index contributed by atoms with van der Waals surface area (Å²) in [6.07, 6.45) is 0. The van der Waals surface area contributed by atoms with Crippen molar-refractivity contribution in [3.05, 3.63) is 59.1 Å². The lowest BCUT2D eigenvalue weighted by Gasteiger charge is -2.09. The number of methoxy groups -OCH3 is 2. The largest absolute Gasteiger partial charge is 0.493 e. The molecule has 0 saturated heterocycles. The van der Waals surface area contributed by atoms with Crippen molar-refractivity contribution < 1.29 is 13.9 Å². The zero-order valence-electron chi connectivity index (χ0n) is 12.3. The highest BCUT2D eigenvalue weighted by Crippen LogP contribution is 2.35. The molecule has 3 aromatic rings. The molecule has 2 aromatic carbocycles. The van der Waals surface area contributed by atoms with E-state index in [1.54, 1.807) is 26.4 Å². The minimum absolute atomic E-state index is 0.497. The SMILES string of the molecule is COc1ccc(-c2[nH]c(=O)oc2-c2ccccc2)cc1OC. The second kappa shape index (κ2) is 5.81. The number of nitrogens with one attached hydrogen (secondary N) is 1. The third-order valence-electron chi connectivity index (χ3n) is 3.36. The maximum absolute atomic E-state index is 11.7. The number of rotatable bonds is 4. The van der Waals surface area contributed by atoms with Gasteiger partial charge in [0.05, 0.1) is 19.9 Å². The van der Waals surface area contributed by atoms with Crippen LogP contribution in [-0.4, -0.2) is 19.2 Å². The van der Waals surface area contributed by atoms with Crippen molar-refractivity contribution >= 4 is 0 Å². The maximum Gasteiger partial charge on any atom is 0.417 e. The van der Waals surface area contributed by atoms with Gasteiger partial charge in [0, 0.05) is 11.1 Å². The van der Waals surface area contributed by atoms with Gasteiger partial charge in [0.25, 0.3) is 0 Å². The van der Waals surface area contributed by atoms with E-state index in [0.717, 1.165) is 11.1 Å². The highest BCUT2D eigenvalue weighted by atomic mass is 16.5. The van der Waals surface area contributed by atoms with Crippen molar-refractivity contribution in [3.63, 3.8) is 0 Å². The Morgan fingerprint density at radius 3 is 2.32 bits per heavy atom. The van der Waals surface area contributed by atoms with Crippen LogP contribution in [-0.2, 0) is 0 Å². The fourth-order valence-electron chi connectivity index (χ4n) is 2.32. The lowest BCUT2D eigenvalue weighted by atomic mass is 10.1. The molecule has 1 aromatic heterocycles. The van der Waals surface area contributed by atoms with Crippen LogP contribution >= 0.6 is 0 Å². The number of ether oxygens (including phenoxy) is 2. The smallest absolute Gasteiger partial charge is 0.417 e. The molecule has 0 aliphatic heterocycles. The van der Waals surface area contributed by atoms with Crippen molar-refractivity contribution in [2.75, 3.05) is 14.2 Å². The molecular formula is C17H15NO4. The fraction of sp³-hybridized carbons (Fsp3) is 0.118. The Kier molecular flexibility index (Phi) is 3.70. The summed E-state index contributed by atoms with van der Waals surface area (Å²) in [7, 11) is 3.14. The summed E-state index contributed by atoms with van der Waals surface area (Å²) in [6, 6.07) is 14.9. The predicted octanol–water partition coefficient (Wildman–Crippen LogP) is 3.32. The van der Waals surface area contributed by atoms with Crippen molar-refractivity contribution in [1.82, 2.24) is 4.98 Å². The van der Waals surface area contributed by atoms with Gasteiger partial charge in [-0.25, -0.2) is 4.79 Å². The van der Waals surface area contributed by atoms with Gasteiger partial charge in [-0.3, -0.25) is 4.98 Å². The maximum atomic E-state index is 11.7. The number of hydrogen-bond acceptors (Lipinski definition) is 4. The second-order valence-electron chi connectivity index (χ2n) is 4.65. The van der Waals surface area contributed by atoms with Crippen LogP contribution in [0.3, 0.4) is 0 Å². The summed E-state index contributed by atoms with van der Waals surface area (Å²) >= 11 is 0. The van der Waals surface area contributed by atoms with E-state index in [1.165, 1.54) is 0 Å². The van der Waals surface area contributed by atoms with Gasteiger partial charge in [0.15, 0.2) is 17.3 Å². The van der Waals surface area contributed by atoms with Crippen LogP contribution in [0.5, 0.6) is 11.5 Å². The van der Waals surface area contributed by atoms with Crippen LogP contribution < -0.4 is 15.2 Å². The molecule has 112 valence electrons. The normalized spacial score (nSPS) is 10.5. The molecule has 1 heterocycles. The van der Waals surface area contributed by atoms with E-state index in [1.807, 2.05) is 36.4 Å². The molecule has 3 rings (SSSR count). The second-order valence-corrected chi connectivity index (χ2v) is 4.65. The molecule has 0 bridgehead atoms. The third-order valence-corrected chi connectivity index (χ3v) is 3.36. The molecule has 0 aliphatic rings. The highest BCUT2D eigenvalue weighted by Gasteiger charge is 2.16. The molecule has 1 N–H and O–H groups in total. The van der Waals surface area contributed by atoms with Crippen LogP contribution in [0.25, 0.3) is 22.6 Å². The summed E-state index contributed by atoms with van der Waals surface area (Å²) in [4.78, 5) is 14.4. The molecule has 5 nitrogen and oxygen atoms in total. The average molecular weight is 297 g/mol. The molecule has 5 heteroatoms. The molecule has 0 amide bonds. The quantitative estimate of drug-likeness (QED) is 0.802. The summed E-state index contributed by atoms with van der Waals surface area (Å²) in [6.45, 7) is 0. The number of aromatic nitrogens is 1. The van der Waals surface area contributed by atoms with E-state index >= 15 is 0 Å². The zero-order chi connectivity index (χ0) is 15.5. The molecule has 22 heavy (non-hydrogen) atoms. The van der Waals surface area contributed by atoms with Gasteiger partial charge >= 0.3 is 5.76 Å². The number of oxazole rings is 1. The number of H-pyrrole nitrogens is 1.